The van der Waals surface area contributed by atoms with E-state index < -0.39 is 4.92 Å². The van der Waals surface area contributed by atoms with Gasteiger partial charge in [0.05, 0.1) is 18.1 Å². The van der Waals surface area contributed by atoms with Gasteiger partial charge >= 0.3 is 0 Å². The second kappa shape index (κ2) is 6.20. The van der Waals surface area contributed by atoms with Gasteiger partial charge in [0.1, 0.15) is 5.75 Å². The summed E-state index contributed by atoms with van der Waals surface area (Å²) < 4.78 is 5.04. The molecule has 0 radical (unpaired) electrons. The topological polar surface area (TPSA) is 64.4 Å². The molecule has 0 aliphatic carbocycles. The molecule has 0 unspecified atom stereocenters. The van der Waals surface area contributed by atoms with Crippen LogP contribution >= 0.6 is 0 Å². The number of nitro groups is 1. The maximum absolute atomic E-state index is 10.7. The van der Waals surface area contributed by atoms with E-state index >= 15 is 0 Å². The molecule has 0 saturated carbocycles. The van der Waals surface area contributed by atoms with E-state index in [4.69, 9.17) is 4.74 Å². The number of benzene rings is 1. The van der Waals surface area contributed by atoms with Gasteiger partial charge in [-0.15, -0.1) is 0 Å². The highest BCUT2D eigenvalue weighted by molar-refractivity contribution is 5.42. The predicted octanol–water partition coefficient (Wildman–Crippen LogP) is 2.35. The molecule has 0 fully saturated rings. The smallest absolute Gasteiger partial charge is 0.273 e. The molecule has 94 valence electrons. The van der Waals surface area contributed by atoms with Crippen LogP contribution in [0.15, 0.2) is 18.2 Å². The summed E-state index contributed by atoms with van der Waals surface area (Å²) in [5, 5.41) is 14.0. The lowest BCUT2D eigenvalue weighted by atomic mass is 10.1. The Morgan fingerprint density at radius 2 is 2.12 bits per heavy atom. The molecule has 1 aromatic carbocycles. The van der Waals surface area contributed by atoms with Gasteiger partial charge in [0.25, 0.3) is 5.69 Å². The SMILES string of the molecule is COc1cc(CNCC(C)C)cc([N+](=O)[O-])c1. The highest BCUT2D eigenvalue weighted by Crippen LogP contribution is 2.22. The summed E-state index contributed by atoms with van der Waals surface area (Å²) in [4.78, 5) is 10.3. The van der Waals surface area contributed by atoms with Crippen LogP contribution < -0.4 is 10.1 Å². The summed E-state index contributed by atoms with van der Waals surface area (Å²) in [7, 11) is 1.50. The van der Waals surface area contributed by atoms with Crippen LogP contribution in [-0.2, 0) is 6.54 Å². The van der Waals surface area contributed by atoms with E-state index in [-0.39, 0.29) is 5.69 Å². The van der Waals surface area contributed by atoms with Crippen molar-refractivity contribution in [2.75, 3.05) is 13.7 Å². The van der Waals surface area contributed by atoms with E-state index in [2.05, 4.69) is 19.2 Å². The second-order valence-electron chi connectivity index (χ2n) is 4.32. The summed E-state index contributed by atoms with van der Waals surface area (Å²) in [6.45, 7) is 5.71. The molecule has 5 nitrogen and oxygen atoms in total. The number of ether oxygens (including phenoxy) is 1. The third kappa shape index (κ3) is 4.40. The highest BCUT2D eigenvalue weighted by Gasteiger charge is 2.09. The second-order valence-corrected chi connectivity index (χ2v) is 4.32. The Bertz CT molecular complexity index is 391. The van der Waals surface area contributed by atoms with Crippen LogP contribution in [0.2, 0.25) is 0 Å². The molecule has 0 aliphatic heterocycles. The lowest BCUT2D eigenvalue weighted by Gasteiger charge is -2.08. The summed E-state index contributed by atoms with van der Waals surface area (Å²) in [5.41, 5.74) is 0.919. The monoisotopic (exact) mass is 238 g/mol. The summed E-state index contributed by atoms with van der Waals surface area (Å²) in [6.07, 6.45) is 0. The molecular formula is C12H18N2O3. The number of hydrogen-bond acceptors (Lipinski definition) is 4. The summed E-state index contributed by atoms with van der Waals surface area (Å²) in [5.74, 6) is 1.07. The van der Waals surface area contributed by atoms with Gasteiger partial charge in [0.2, 0.25) is 0 Å². The number of rotatable bonds is 6. The minimum atomic E-state index is -0.408. The van der Waals surface area contributed by atoms with Crippen LogP contribution in [0.25, 0.3) is 0 Å². The van der Waals surface area contributed by atoms with E-state index in [1.165, 1.54) is 13.2 Å². The van der Waals surface area contributed by atoms with Crippen LogP contribution in [0.5, 0.6) is 5.75 Å². The van der Waals surface area contributed by atoms with Gasteiger partial charge in [-0.25, -0.2) is 0 Å². The fourth-order valence-electron chi connectivity index (χ4n) is 1.47. The van der Waals surface area contributed by atoms with Crippen molar-refractivity contribution in [1.29, 1.82) is 0 Å². The van der Waals surface area contributed by atoms with Crippen LogP contribution in [0.1, 0.15) is 19.4 Å². The van der Waals surface area contributed by atoms with E-state index in [0.29, 0.717) is 18.2 Å². The molecular weight excluding hydrogens is 220 g/mol. The van der Waals surface area contributed by atoms with Crippen molar-refractivity contribution in [1.82, 2.24) is 5.32 Å². The van der Waals surface area contributed by atoms with Crippen molar-refractivity contribution >= 4 is 5.69 Å². The number of hydrogen-bond donors (Lipinski definition) is 1. The fourth-order valence-corrected chi connectivity index (χ4v) is 1.47. The standard InChI is InChI=1S/C12H18N2O3/c1-9(2)7-13-8-10-4-11(14(15)16)6-12(5-10)17-3/h4-6,9,13H,7-8H2,1-3H3. The van der Waals surface area contributed by atoms with Gasteiger partial charge in [-0.2, -0.15) is 0 Å². The van der Waals surface area contributed by atoms with Crippen LogP contribution in [-0.4, -0.2) is 18.6 Å². The maximum atomic E-state index is 10.7. The van der Waals surface area contributed by atoms with Gasteiger partial charge < -0.3 is 10.1 Å². The Kier molecular flexibility index (Phi) is 4.90. The molecule has 0 amide bonds. The quantitative estimate of drug-likeness (QED) is 0.610. The third-order valence-electron chi connectivity index (χ3n) is 2.28. The zero-order chi connectivity index (χ0) is 12.8. The minimum absolute atomic E-state index is 0.0608. The van der Waals surface area contributed by atoms with Crippen molar-refractivity contribution in [3.8, 4) is 5.75 Å². The van der Waals surface area contributed by atoms with Crippen LogP contribution in [0.4, 0.5) is 5.69 Å². The first kappa shape index (κ1) is 13.4. The molecule has 1 rings (SSSR count). The average molecular weight is 238 g/mol. The van der Waals surface area contributed by atoms with E-state index in [1.807, 2.05) is 0 Å². The van der Waals surface area contributed by atoms with Gasteiger partial charge in [-0.1, -0.05) is 13.8 Å². The number of nitro benzene ring substituents is 1. The van der Waals surface area contributed by atoms with Crippen LogP contribution in [0, 0.1) is 16.0 Å². The Labute approximate surface area is 101 Å². The Morgan fingerprint density at radius 3 is 2.65 bits per heavy atom. The van der Waals surface area contributed by atoms with Crippen molar-refractivity contribution < 1.29 is 9.66 Å². The van der Waals surface area contributed by atoms with Crippen molar-refractivity contribution in [2.45, 2.75) is 20.4 Å². The Morgan fingerprint density at radius 1 is 1.41 bits per heavy atom. The maximum Gasteiger partial charge on any atom is 0.273 e. The normalized spacial score (nSPS) is 10.6. The molecule has 0 spiro atoms. The van der Waals surface area contributed by atoms with E-state index in [9.17, 15) is 10.1 Å². The largest absolute Gasteiger partial charge is 0.496 e. The fraction of sp³-hybridized carbons (Fsp3) is 0.500. The van der Waals surface area contributed by atoms with Gasteiger partial charge in [-0.3, -0.25) is 10.1 Å². The molecule has 0 saturated heterocycles. The minimum Gasteiger partial charge on any atom is -0.496 e. The number of methoxy groups -OCH3 is 1. The molecule has 0 aromatic heterocycles. The van der Waals surface area contributed by atoms with Crippen LogP contribution in [0.3, 0.4) is 0 Å². The average Bonchev–Trinajstić information content (AvgIpc) is 2.28. The van der Waals surface area contributed by atoms with Crippen molar-refractivity contribution in [3.05, 3.63) is 33.9 Å². The molecule has 0 atom stereocenters. The Balaban J connectivity index is 2.76. The zero-order valence-electron chi connectivity index (χ0n) is 10.4. The predicted molar refractivity (Wildman–Crippen MR) is 66.2 cm³/mol. The third-order valence-corrected chi connectivity index (χ3v) is 2.28. The molecule has 5 heteroatoms. The summed E-state index contributed by atoms with van der Waals surface area (Å²) in [6, 6.07) is 4.79. The number of nitrogens with zero attached hydrogens (tertiary/aromatic N) is 1. The van der Waals surface area contributed by atoms with Crippen molar-refractivity contribution in [3.63, 3.8) is 0 Å². The Hall–Kier alpha value is -1.62. The lowest BCUT2D eigenvalue weighted by Crippen LogP contribution is -2.19. The molecule has 17 heavy (non-hydrogen) atoms. The summed E-state index contributed by atoms with van der Waals surface area (Å²) >= 11 is 0. The van der Waals surface area contributed by atoms with E-state index in [1.54, 1.807) is 12.1 Å². The highest BCUT2D eigenvalue weighted by atomic mass is 16.6. The van der Waals surface area contributed by atoms with Gasteiger partial charge in [0, 0.05) is 12.6 Å². The molecule has 1 aromatic rings. The molecule has 0 bridgehead atoms. The first-order chi connectivity index (χ1) is 8.02. The van der Waals surface area contributed by atoms with Gasteiger partial charge in [-0.05, 0) is 24.1 Å². The van der Waals surface area contributed by atoms with Crippen molar-refractivity contribution in [2.24, 2.45) is 5.92 Å². The zero-order valence-corrected chi connectivity index (χ0v) is 10.4. The molecule has 0 heterocycles. The van der Waals surface area contributed by atoms with E-state index in [0.717, 1.165) is 12.1 Å². The first-order valence-corrected chi connectivity index (χ1v) is 5.56. The lowest BCUT2D eigenvalue weighted by molar-refractivity contribution is -0.385. The first-order valence-electron chi connectivity index (χ1n) is 5.56. The number of non-ortho nitro benzene ring substituents is 1. The molecule has 0 aliphatic rings. The number of nitrogens with one attached hydrogen (secondary N) is 1. The molecule has 1 N–H and O–H groups in total. The van der Waals surface area contributed by atoms with Gasteiger partial charge in [0.15, 0.2) is 0 Å².